The van der Waals surface area contributed by atoms with Crippen molar-refractivity contribution in [2.24, 2.45) is 0 Å². The number of amides is 1. The van der Waals surface area contributed by atoms with Gasteiger partial charge in [-0.1, -0.05) is 24.3 Å². The van der Waals surface area contributed by atoms with Crippen molar-refractivity contribution < 1.29 is 4.79 Å². The third-order valence-electron chi connectivity index (χ3n) is 5.07. The number of hydrogen-bond donors (Lipinski definition) is 2. The van der Waals surface area contributed by atoms with E-state index in [9.17, 15) is 9.59 Å². The molecule has 1 amide bonds. The lowest BCUT2D eigenvalue weighted by molar-refractivity contribution is -0.120. The molecule has 28 heavy (non-hydrogen) atoms. The maximum absolute atomic E-state index is 12.4. The summed E-state index contributed by atoms with van der Waals surface area (Å²) in [5.74, 6) is 2.05. The van der Waals surface area contributed by atoms with E-state index in [2.05, 4.69) is 15.3 Å². The molecule has 0 bridgehead atoms. The fourth-order valence-electron chi connectivity index (χ4n) is 3.54. The van der Waals surface area contributed by atoms with Gasteiger partial charge >= 0.3 is 0 Å². The SMILES string of the molecule is Cc1ccccc1CNC(=O)CCSCc1nc2sc3c(c2c(=O)[nH]1)CCC3. The molecule has 1 aliphatic carbocycles. The molecule has 2 aromatic heterocycles. The van der Waals surface area contributed by atoms with Crippen molar-refractivity contribution in [1.29, 1.82) is 0 Å². The highest BCUT2D eigenvalue weighted by Crippen LogP contribution is 2.34. The Morgan fingerprint density at radius 2 is 2.18 bits per heavy atom. The zero-order chi connectivity index (χ0) is 19.5. The topological polar surface area (TPSA) is 74.8 Å². The molecule has 0 spiro atoms. The average Bonchev–Trinajstić information content (AvgIpc) is 3.25. The first-order chi connectivity index (χ1) is 13.6. The fourth-order valence-corrected chi connectivity index (χ4v) is 5.62. The number of fused-ring (bicyclic) bond motifs is 3. The lowest BCUT2D eigenvalue weighted by atomic mass is 10.1. The van der Waals surface area contributed by atoms with Crippen LogP contribution in [0.1, 0.15) is 40.2 Å². The highest BCUT2D eigenvalue weighted by Gasteiger charge is 2.21. The number of rotatable bonds is 7. The van der Waals surface area contributed by atoms with Crippen LogP contribution in [0.2, 0.25) is 0 Å². The number of thiophene rings is 1. The van der Waals surface area contributed by atoms with Gasteiger partial charge in [-0.05, 0) is 42.9 Å². The molecule has 0 atom stereocenters. The Morgan fingerprint density at radius 3 is 3.04 bits per heavy atom. The van der Waals surface area contributed by atoms with Gasteiger partial charge in [0.15, 0.2) is 0 Å². The van der Waals surface area contributed by atoms with Gasteiger partial charge in [-0.25, -0.2) is 4.98 Å². The summed E-state index contributed by atoms with van der Waals surface area (Å²) in [6, 6.07) is 8.06. The van der Waals surface area contributed by atoms with Crippen molar-refractivity contribution in [2.45, 2.75) is 44.9 Å². The second-order valence-corrected chi connectivity index (χ2v) is 9.24. The number of carbonyl (C=O) groups is 1. The number of hydrogen-bond acceptors (Lipinski definition) is 5. The van der Waals surface area contributed by atoms with Crippen molar-refractivity contribution in [1.82, 2.24) is 15.3 Å². The fraction of sp³-hybridized carbons (Fsp3) is 0.381. The maximum Gasteiger partial charge on any atom is 0.259 e. The number of thioether (sulfide) groups is 1. The second kappa shape index (κ2) is 8.49. The van der Waals surface area contributed by atoms with Crippen LogP contribution in [0.15, 0.2) is 29.1 Å². The van der Waals surface area contributed by atoms with Gasteiger partial charge in [0.2, 0.25) is 5.91 Å². The van der Waals surface area contributed by atoms with Crippen molar-refractivity contribution in [2.75, 3.05) is 5.75 Å². The first-order valence-electron chi connectivity index (χ1n) is 9.54. The van der Waals surface area contributed by atoms with Gasteiger partial charge in [0.25, 0.3) is 5.56 Å². The molecule has 0 unspecified atom stereocenters. The summed E-state index contributed by atoms with van der Waals surface area (Å²) in [5, 5.41) is 3.76. The third-order valence-corrected chi connectivity index (χ3v) is 7.23. The monoisotopic (exact) mass is 413 g/mol. The molecule has 0 saturated carbocycles. The first-order valence-corrected chi connectivity index (χ1v) is 11.5. The molecule has 4 rings (SSSR count). The molecule has 3 aromatic rings. The van der Waals surface area contributed by atoms with Crippen LogP contribution in [0.25, 0.3) is 10.2 Å². The number of nitrogens with zero attached hydrogens (tertiary/aromatic N) is 1. The Hall–Kier alpha value is -2.12. The normalized spacial score (nSPS) is 13.0. The highest BCUT2D eigenvalue weighted by molar-refractivity contribution is 7.98. The van der Waals surface area contributed by atoms with Crippen molar-refractivity contribution in [3.8, 4) is 0 Å². The predicted molar refractivity (Wildman–Crippen MR) is 116 cm³/mol. The van der Waals surface area contributed by atoms with E-state index in [0.29, 0.717) is 30.3 Å². The summed E-state index contributed by atoms with van der Waals surface area (Å²) in [5.41, 5.74) is 3.51. The summed E-state index contributed by atoms with van der Waals surface area (Å²) in [6.45, 7) is 2.61. The summed E-state index contributed by atoms with van der Waals surface area (Å²) >= 11 is 3.28. The van der Waals surface area contributed by atoms with Crippen molar-refractivity contribution in [3.63, 3.8) is 0 Å². The van der Waals surface area contributed by atoms with Crippen molar-refractivity contribution >= 4 is 39.2 Å². The molecule has 7 heteroatoms. The molecule has 2 N–H and O–H groups in total. The number of aromatic nitrogens is 2. The van der Waals surface area contributed by atoms with E-state index in [4.69, 9.17) is 0 Å². The molecular weight excluding hydrogens is 390 g/mol. The molecule has 5 nitrogen and oxygen atoms in total. The van der Waals surface area contributed by atoms with E-state index < -0.39 is 0 Å². The minimum absolute atomic E-state index is 0.0176. The van der Waals surface area contributed by atoms with Gasteiger partial charge in [0, 0.05) is 23.6 Å². The van der Waals surface area contributed by atoms with Gasteiger partial charge in [0.05, 0.1) is 11.1 Å². The van der Waals surface area contributed by atoms with Gasteiger partial charge < -0.3 is 10.3 Å². The van der Waals surface area contributed by atoms with Gasteiger partial charge in [-0.2, -0.15) is 11.8 Å². The second-order valence-electron chi connectivity index (χ2n) is 7.06. The predicted octanol–water partition coefficient (Wildman–Crippen LogP) is 3.72. The van der Waals surface area contributed by atoms with Crippen LogP contribution in [0.4, 0.5) is 0 Å². The Bertz CT molecular complexity index is 1070. The molecule has 0 radical (unpaired) electrons. The van der Waals surface area contributed by atoms with Gasteiger partial charge in [0.1, 0.15) is 10.7 Å². The van der Waals surface area contributed by atoms with Crippen LogP contribution in [-0.2, 0) is 29.9 Å². The van der Waals surface area contributed by atoms with Crippen LogP contribution in [0, 0.1) is 6.92 Å². The van der Waals surface area contributed by atoms with Gasteiger partial charge in [-0.3, -0.25) is 9.59 Å². The zero-order valence-electron chi connectivity index (χ0n) is 15.8. The molecular formula is C21H23N3O2S2. The average molecular weight is 414 g/mol. The molecule has 1 aliphatic rings. The summed E-state index contributed by atoms with van der Waals surface area (Å²) in [4.78, 5) is 34.3. The maximum atomic E-state index is 12.4. The number of carbonyl (C=O) groups excluding carboxylic acids is 1. The van der Waals surface area contributed by atoms with Crippen LogP contribution in [0.5, 0.6) is 0 Å². The number of aromatic amines is 1. The number of benzene rings is 1. The van der Waals surface area contributed by atoms with E-state index in [1.807, 2.05) is 31.2 Å². The number of aryl methyl sites for hydroxylation is 3. The molecule has 2 heterocycles. The van der Waals surface area contributed by atoms with E-state index in [1.165, 1.54) is 16.0 Å². The van der Waals surface area contributed by atoms with E-state index >= 15 is 0 Å². The summed E-state index contributed by atoms with van der Waals surface area (Å²) in [6.07, 6.45) is 3.65. The molecule has 1 aromatic carbocycles. The Balaban J connectivity index is 1.27. The smallest absolute Gasteiger partial charge is 0.259 e. The number of H-pyrrole nitrogens is 1. The number of nitrogens with one attached hydrogen (secondary N) is 2. The quantitative estimate of drug-likeness (QED) is 0.579. The molecule has 0 saturated heterocycles. The van der Waals surface area contributed by atoms with Crippen LogP contribution in [0.3, 0.4) is 0 Å². The van der Waals surface area contributed by atoms with Crippen LogP contribution < -0.4 is 10.9 Å². The van der Waals surface area contributed by atoms with Crippen molar-refractivity contribution in [3.05, 3.63) is 62.0 Å². The standard InChI is InChI=1S/C21H23N3O2S2/c1-13-5-2-3-6-14(13)11-22-18(25)9-10-27-12-17-23-20(26)19-15-7-4-8-16(15)28-21(19)24-17/h2-3,5-6H,4,7-12H2,1H3,(H,22,25)(H,23,24,26). The van der Waals surface area contributed by atoms with Crippen LogP contribution >= 0.6 is 23.1 Å². The lowest BCUT2D eigenvalue weighted by Gasteiger charge is -2.07. The highest BCUT2D eigenvalue weighted by atomic mass is 32.2. The summed E-state index contributed by atoms with van der Waals surface area (Å²) in [7, 11) is 0. The summed E-state index contributed by atoms with van der Waals surface area (Å²) < 4.78 is 0. The Kier molecular flexibility index (Phi) is 5.82. The lowest BCUT2D eigenvalue weighted by Crippen LogP contribution is -2.23. The molecule has 0 fully saturated rings. The Labute approximate surface area is 172 Å². The van der Waals surface area contributed by atoms with Crippen LogP contribution in [-0.4, -0.2) is 21.6 Å². The van der Waals surface area contributed by atoms with Gasteiger partial charge in [-0.15, -0.1) is 11.3 Å². The third kappa shape index (κ3) is 4.15. The minimum Gasteiger partial charge on any atom is -0.352 e. The Morgan fingerprint density at radius 1 is 1.32 bits per heavy atom. The van der Waals surface area contributed by atoms with E-state index in [0.717, 1.165) is 35.0 Å². The van der Waals surface area contributed by atoms with E-state index in [1.54, 1.807) is 23.1 Å². The first kappa shape index (κ1) is 19.2. The largest absolute Gasteiger partial charge is 0.352 e. The zero-order valence-corrected chi connectivity index (χ0v) is 17.5. The molecule has 146 valence electrons. The molecule has 0 aliphatic heterocycles. The minimum atomic E-state index is -0.0176. The van der Waals surface area contributed by atoms with E-state index in [-0.39, 0.29) is 11.5 Å².